The Balaban J connectivity index is 0.000000712. The summed E-state index contributed by atoms with van der Waals surface area (Å²) in [5.74, 6) is -69.7. The van der Waals surface area contributed by atoms with Gasteiger partial charge < -0.3 is 4.90 Å². The fraction of sp³-hybridized carbons (Fsp3) is 0.273. The molecule has 4 aromatic rings. The van der Waals surface area contributed by atoms with Crippen LogP contribution < -0.4 is 26.8 Å². The molecule has 0 fully saturated rings. The van der Waals surface area contributed by atoms with Crippen LogP contribution in [0.1, 0.15) is 27.7 Å². The van der Waals surface area contributed by atoms with Crippen molar-refractivity contribution in [2.24, 2.45) is 11.8 Å². The highest BCUT2D eigenvalue weighted by molar-refractivity contribution is 7.20. The highest BCUT2D eigenvalue weighted by Gasteiger charge is 2.52. The molecule has 0 radical (unpaired) electrons. The second kappa shape index (κ2) is 16.3. The van der Waals surface area contributed by atoms with Crippen LogP contribution in [0.3, 0.4) is 0 Å². The number of quaternary nitrogens is 1. The topological polar surface area (TPSA) is 4.44 Å². The van der Waals surface area contributed by atoms with Crippen LogP contribution >= 0.6 is 0 Å². The number of hydrogen-bond donors (Lipinski definition) is 1. The van der Waals surface area contributed by atoms with Crippen molar-refractivity contribution in [1.82, 2.24) is 0 Å². The van der Waals surface area contributed by atoms with E-state index in [-0.39, 0.29) is 0 Å². The third-order valence-corrected chi connectivity index (χ3v) is 8.22. The summed E-state index contributed by atoms with van der Waals surface area (Å²) in [6.45, 7) is 11.7. The molecule has 302 valence electrons. The molecule has 55 heavy (non-hydrogen) atoms. The van der Waals surface area contributed by atoms with Gasteiger partial charge in [0, 0.05) is 11.8 Å². The quantitative estimate of drug-likeness (QED) is 0.0879. The number of hydrogen-bond acceptors (Lipinski definition) is 0. The highest BCUT2D eigenvalue weighted by Crippen LogP contribution is 2.30. The van der Waals surface area contributed by atoms with E-state index in [0.717, 1.165) is 11.8 Å². The first-order valence-electron chi connectivity index (χ1n) is 15.3. The van der Waals surface area contributed by atoms with E-state index in [0.29, 0.717) is 0 Å². The van der Waals surface area contributed by atoms with Crippen LogP contribution in [-0.4, -0.2) is 26.3 Å². The number of nitrogens with one attached hydrogen (secondary N) is 1. The molecule has 0 aliphatic rings. The van der Waals surface area contributed by atoms with Crippen molar-refractivity contribution in [3.05, 3.63) is 116 Å². The molecule has 0 aliphatic heterocycles. The van der Waals surface area contributed by atoms with Crippen molar-refractivity contribution >= 4 is 28.0 Å². The molecule has 22 heteroatoms. The third kappa shape index (κ3) is 7.32. The average molecular weight is 823 g/mol. The van der Waals surface area contributed by atoms with Crippen molar-refractivity contribution in [2.45, 2.75) is 27.7 Å². The van der Waals surface area contributed by atoms with E-state index in [1.807, 2.05) is 0 Å². The van der Waals surface area contributed by atoms with E-state index >= 15 is 35.1 Å². The number of halogens is 20. The molecule has 0 atom stereocenters. The molecule has 0 bridgehead atoms. The Morgan fingerprint density at radius 1 is 0.291 bits per heavy atom. The van der Waals surface area contributed by atoms with Gasteiger partial charge in [0.15, 0.2) is 69.8 Å². The van der Waals surface area contributed by atoms with Crippen molar-refractivity contribution in [2.75, 3.05) is 20.1 Å². The lowest BCUT2D eigenvalue weighted by Crippen LogP contribution is -3.10. The summed E-state index contributed by atoms with van der Waals surface area (Å²) in [5, 5.41) is 0. The Kier molecular flexibility index (Phi) is 13.3. The van der Waals surface area contributed by atoms with Crippen LogP contribution in [0.25, 0.3) is 0 Å². The first-order chi connectivity index (χ1) is 25.2. The second-order valence-electron chi connectivity index (χ2n) is 13.0. The van der Waals surface area contributed by atoms with Gasteiger partial charge in [0.1, 0.15) is 52.7 Å². The molecule has 4 aromatic carbocycles. The Bertz CT molecular complexity index is 1760. The van der Waals surface area contributed by atoms with Crippen LogP contribution in [0.2, 0.25) is 0 Å². The lowest BCUT2D eigenvalue weighted by atomic mass is 9.12. The summed E-state index contributed by atoms with van der Waals surface area (Å²) >= 11 is 0. The molecule has 0 amide bonds. The zero-order valence-corrected chi connectivity index (χ0v) is 28.2. The van der Waals surface area contributed by atoms with Crippen molar-refractivity contribution in [1.29, 1.82) is 0 Å². The number of rotatable bonds is 8. The van der Waals surface area contributed by atoms with Crippen LogP contribution in [0.15, 0.2) is 0 Å². The minimum atomic E-state index is -7.22. The van der Waals surface area contributed by atoms with Gasteiger partial charge in [-0.05, 0) is 0 Å². The molecule has 1 nitrogen and oxygen atoms in total. The lowest BCUT2D eigenvalue weighted by molar-refractivity contribution is -0.885. The largest absolute Gasteiger partial charge is 0.337 e. The van der Waals surface area contributed by atoms with E-state index in [4.69, 9.17) is 0 Å². The minimum absolute atomic E-state index is 0.832. The van der Waals surface area contributed by atoms with Crippen LogP contribution in [-0.2, 0) is 0 Å². The smallest absolute Gasteiger partial charge is 0.200 e. The maximum absolute atomic E-state index is 15.4. The Morgan fingerprint density at radius 3 is 0.545 bits per heavy atom. The van der Waals surface area contributed by atoms with Gasteiger partial charge in [0.25, 0.3) is 0 Å². The summed E-state index contributed by atoms with van der Waals surface area (Å²) in [4.78, 5) is 1.66. The fourth-order valence-electron chi connectivity index (χ4n) is 6.35. The Labute approximate surface area is 297 Å². The summed E-state index contributed by atoms with van der Waals surface area (Å²) in [6.07, 6.45) is -7.22. The van der Waals surface area contributed by atoms with Crippen LogP contribution in [0.4, 0.5) is 87.8 Å². The second-order valence-corrected chi connectivity index (χ2v) is 13.0. The molecule has 0 unspecified atom stereocenters. The summed E-state index contributed by atoms with van der Waals surface area (Å²) < 4.78 is 294. The Hall–Kier alpha value is -4.50. The molecule has 0 heterocycles. The SMILES string of the molecule is CC(C)C[NH+](C)CC(C)C.Fc1c(F)c(F)c([B-](c2c(F)c(F)c(F)c(F)c2F)(c2c(F)c(F)c(F)c(F)c2F)c2c(F)c(F)c(F)c(F)c2F)c(F)c1F. The highest BCUT2D eigenvalue weighted by atomic mass is 19.2. The fourth-order valence-corrected chi connectivity index (χ4v) is 6.35. The van der Waals surface area contributed by atoms with E-state index in [1.165, 1.54) is 13.1 Å². The van der Waals surface area contributed by atoms with E-state index in [1.54, 1.807) is 4.90 Å². The minimum Gasteiger partial charge on any atom is -0.337 e. The summed E-state index contributed by atoms with van der Waals surface area (Å²) in [5.41, 5.74) is -14.3. The van der Waals surface area contributed by atoms with Gasteiger partial charge in [-0.15, -0.1) is 21.9 Å². The van der Waals surface area contributed by atoms with Gasteiger partial charge in [0.2, 0.25) is 0 Å². The molecule has 0 saturated heterocycles. The maximum Gasteiger partial charge on any atom is 0.200 e. The van der Waals surface area contributed by atoms with Gasteiger partial charge in [-0.25, -0.2) is 87.8 Å². The summed E-state index contributed by atoms with van der Waals surface area (Å²) in [6, 6.07) is 0. The zero-order chi connectivity index (χ0) is 42.5. The maximum atomic E-state index is 15.4. The molecule has 1 N–H and O–H groups in total. The molecule has 0 aromatic heterocycles. The monoisotopic (exact) mass is 823 g/mol. The molecule has 4 rings (SSSR count). The first kappa shape index (κ1) is 44.9. The molecular formula is C33H22BF20N. The van der Waals surface area contributed by atoms with E-state index < -0.39 is 144 Å². The molecule has 0 saturated carbocycles. The van der Waals surface area contributed by atoms with Gasteiger partial charge in [-0.3, -0.25) is 0 Å². The standard InChI is InChI=1S/C24BF20.C9H21N/c26-5-1(6(27)14(35)21(42)13(5)34)25(2-7(28)15(36)22(43)16(37)8(2)29,3-9(30)17(38)23(44)18(39)10(3)31)4-11(32)19(40)24(45)20(41)12(4)33;1-8(2)6-10(5)7-9(3)4/h;8-9H,6-7H2,1-5H3/q-1;/p+1. The van der Waals surface area contributed by atoms with E-state index in [9.17, 15) is 52.7 Å². The molecule has 0 aliphatic carbocycles. The normalized spacial score (nSPS) is 12.0. The lowest BCUT2D eigenvalue weighted by Gasteiger charge is -2.44. The summed E-state index contributed by atoms with van der Waals surface area (Å²) in [7, 11) is 2.28. The zero-order valence-electron chi connectivity index (χ0n) is 28.2. The molecule has 0 spiro atoms. The van der Waals surface area contributed by atoms with Crippen molar-refractivity contribution < 1.29 is 92.7 Å². The predicted molar refractivity (Wildman–Crippen MR) is 156 cm³/mol. The molecular weight excluding hydrogens is 801 g/mol. The van der Waals surface area contributed by atoms with Gasteiger partial charge in [-0.2, -0.15) is 0 Å². The van der Waals surface area contributed by atoms with Crippen LogP contribution in [0.5, 0.6) is 0 Å². The predicted octanol–water partition coefficient (Wildman–Crippen LogP) is 6.66. The average Bonchev–Trinajstić information content (AvgIpc) is 3.11. The van der Waals surface area contributed by atoms with Gasteiger partial charge >= 0.3 is 0 Å². The number of benzene rings is 4. The van der Waals surface area contributed by atoms with Gasteiger partial charge in [0.05, 0.1) is 20.1 Å². The van der Waals surface area contributed by atoms with Crippen LogP contribution in [0, 0.1) is 128 Å². The van der Waals surface area contributed by atoms with E-state index in [2.05, 4.69) is 34.7 Å². The first-order valence-corrected chi connectivity index (χ1v) is 15.3. The Morgan fingerprint density at radius 2 is 0.418 bits per heavy atom. The van der Waals surface area contributed by atoms with Gasteiger partial charge in [-0.1, -0.05) is 27.7 Å². The van der Waals surface area contributed by atoms with Crippen molar-refractivity contribution in [3.8, 4) is 0 Å². The third-order valence-electron chi connectivity index (χ3n) is 8.22. The van der Waals surface area contributed by atoms with Crippen molar-refractivity contribution in [3.63, 3.8) is 0 Å².